The average Bonchev–Trinajstić information content (AvgIpc) is 2.92. The molecule has 1 aliphatic rings. The molecule has 0 atom stereocenters. The molecule has 7 heteroatoms. The highest BCUT2D eigenvalue weighted by Crippen LogP contribution is 2.29. The number of hydrogen-bond acceptors (Lipinski definition) is 5. The molecule has 0 saturated heterocycles. The van der Waals surface area contributed by atoms with Crippen LogP contribution < -0.4 is 20.3 Å². The number of rotatable bonds is 11. The second-order valence-corrected chi connectivity index (χ2v) is 8.63. The Morgan fingerprint density at radius 1 is 0.972 bits per heavy atom. The summed E-state index contributed by atoms with van der Waals surface area (Å²) >= 11 is 0. The molecule has 1 heterocycles. The largest absolute Gasteiger partial charge is 0.484 e. The third kappa shape index (κ3) is 6.86. The Morgan fingerprint density at radius 3 is 2.56 bits per heavy atom. The van der Waals surface area contributed by atoms with Crippen molar-refractivity contribution < 1.29 is 19.1 Å². The van der Waals surface area contributed by atoms with Gasteiger partial charge in [-0.25, -0.2) is 0 Å². The molecule has 188 valence electrons. The van der Waals surface area contributed by atoms with Crippen molar-refractivity contribution in [2.24, 2.45) is 0 Å². The van der Waals surface area contributed by atoms with E-state index < -0.39 is 0 Å². The SMILES string of the molecule is CCOCCCNC(=O)c1cc(NC(=O)COc2ccccc2)ccc1N1CCc2ccccc2C1. The number of hydrogen-bond donors (Lipinski definition) is 2. The van der Waals surface area contributed by atoms with E-state index in [9.17, 15) is 9.59 Å². The van der Waals surface area contributed by atoms with E-state index in [-0.39, 0.29) is 18.4 Å². The van der Waals surface area contributed by atoms with Crippen molar-refractivity contribution >= 4 is 23.2 Å². The lowest BCUT2D eigenvalue weighted by molar-refractivity contribution is -0.118. The fourth-order valence-corrected chi connectivity index (χ4v) is 4.25. The van der Waals surface area contributed by atoms with E-state index in [4.69, 9.17) is 9.47 Å². The first-order valence-electron chi connectivity index (χ1n) is 12.4. The molecule has 2 amide bonds. The van der Waals surface area contributed by atoms with Gasteiger partial charge in [-0.2, -0.15) is 0 Å². The maximum absolute atomic E-state index is 13.2. The summed E-state index contributed by atoms with van der Waals surface area (Å²) in [6.07, 6.45) is 1.65. The van der Waals surface area contributed by atoms with E-state index in [2.05, 4.69) is 33.7 Å². The second-order valence-electron chi connectivity index (χ2n) is 8.63. The fraction of sp³-hybridized carbons (Fsp3) is 0.310. The summed E-state index contributed by atoms with van der Waals surface area (Å²) in [5.41, 5.74) is 4.55. The molecule has 3 aromatic carbocycles. The number of nitrogens with zero attached hydrogens (tertiary/aromatic N) is 1. The Labute approximate surface area is 212 Å². The van der Waals surface area contributed by atoms with Crippen molar-refractivity contribution in [3.63, 3.8) is 0 Å². The maximum atomic E-state index is 13.2. The third-order valence-corrected chi connectivity index (χ3v) is 6.06. The van der Waals surface area contributed by atoms with Gasteiger partial charge in [0.05, 0.1) is 5.56 Å². The lowest BCUT2D eigenvalue weighted by Gasteiger charge is -2.32. The van der Waals surface area contributed by atoms with Crippen molar-refractivity contribution in [2.45, 2.75) is 26.3 Å². The first kappa shape index (κ1) is 25.3. The first-order chi connectivity index (χ1) is 17.6. The monoisotopic (exact) mass is 487 g/mol. The zero-order valence-corrected chi connectivity index (χ0v) is 20.7. The van der Waals surface area contributed by atoms with Crippen molar-refractivity contribution in [1.29, 1.82) is 0 Å². The molecular weight excluding hydrogens is 454 g/mol. The van der Waals surface area contributed by atoms with Gasteiger partial charge in [0.2, 0.25) is 0 Å². The van der Waals surface area contributed by atoms with E-state index in [1.54, 1.807) is 18.2 Å². The highest BCUT2D eigenvalue weighted by molar-refractivity contribution is 6.02. The normalized spacial score (nSPS) is 12.5. The van der Waals surface area contributed by atoms with Crippen LogP contribution in [0.15, 0.2) is 72.8 Å². The van der Waals surface area contributed by atoms with Gasteiger partial charge in [0.15, 0.2) is 6.61 Å². The van der Waals surface area contributed by atoms with Gasteiger partial charge in [0, 0.05) is 44.2 Å². The van der Waals surface area contributed by atoms with Gasteiger partial charge in [-0.05, 0) is 61.2 Å². The molecular formula is C29H33N3O4. The number of carbonyl (C=O) groups is 2. The van der Waals surface area contributed by atoms with Gasteiger partial charge in [-0.15, -0.1) is 0 Å². The van der Waals surface area contributed by atoms with E-state index >= 15 is 0 Å². The Bertz CT molecular complexity index is 1170. The smallest absolute Gasteiger partial charge is 0.262 e. The van der Waals surface area contributed by atoms with Gasteiger partial charge in [0.25, 0.3) is 11.8 Å². The molecule has 0 spiro atoms. The van der Waals surface area contributed by atoms with Gasteiger partial charge >= 0.3 is 0 Å². The van der Waals surface area contributed by atoms with Crippen LogP contribution in [-0.4, -0.2) is 44.7 Å². The number of fused-ring (bicyclic) bond motifs is 1. The van der Waals surface area contributed by atoms with Crippen LogP contribution in [-0.2, 0) is 22.5 Å². The molecule has 36 heavy (non-hydrogen) atoms. The number of anilines is 2. The molecule has 0 unspecified atom stereocenters. The van der Waals surface area contributed by atoms with Crippen LogP contribution in [0.4, 0.5) is 11.4 Å². The molecule has 0 saturated carbocycles. The summed E-state index contributed by atoms with van der Waals surface area (Å²) < 4.78 is 10.9. The van der Waals surface area contributed by atoms with E-state index in [0.29, 0.717) is 36.8 Å². The summed E-state index contributed by atoms with van der Waals surface area (Å²) in [5.74, 6) is 0.166. The summed E-state index contributed by atoms with van der Waals surface area (Å²) in [7, 11) is 0. The summed E-state index contributed by atoms with van der Waals surface area (Å²) in [6, 6.07) is 23.1. The molecule has 7 nitrogen and oxygen atoms in total. The quantitative estimate of drug-likeness (QED) is 0.392. The minimum Gasteiger partial charge on any atom is -0.484 e. The Hall–Kier alpha value is -3.84. The predicted molar refractivity (Wildman–Crippen MR) is 142 cm³/mol. The number of nitrogens with one attached hydrogen (secondary N) is 2. The summed E-state index contributed by atoms with van der Waals surface area (Å²) in [5, 5.41) is 5.86. The van der Waals surface area contributed by atoms with E-state index in [1.807, 2.05) is 43.3 Å². The predicted octanol–water partition coefficient (Wildman–Crippen LogP) is 4.42. The van der Waals surface area contributed by atoms with Crippen LogP contribution in [0.2, 0.25) is 0 Å². The number of para-hydroxylation sites is 1. The Kier molecular flexibility index (Phi) is 8.94. The molecule has 4 rings (SSSR count). The second kappa shape index (κ2) is 12.7. The van der Waals surface area contributed by atoms with Crippen LogP contribution in [0, 0.1) is 0 Å². The molecule has 0 fully saturated rings. The molecule has 0 aromatic heterocycles. The van der Waals surface area contributed by atoms with Crippen molar-refractivity contribution in [1.82, 2.24) is 5.32 Å². The lowest BCUT2D eigenvalue weighted by atomic mass is 9.98. The van der Waals surface area contributed by atoms with E-state index in [0.717, 1.165) is 31.6 Å². The first-order valence-corrected chi connectivity index (χ1v) is 12.4. The van der Waals surface area contributed by atoms with Crippen LogP contribution in [0.1, 0.15) is 34.8 Å². The fourth-order valence-electron chi connectivity index (χ4n) is 4.25. The standard InChI is InChI=1S/C29H33N3O4/c1-2-35-18-8-16-30-29(34)26-19-24(31-28(33)21-36-25-11-4-3-5-12-25)13-14-27(26)32-17-15-22-9-6-7-10-23(22)20-32/h3-7,9-14,19H,2,8,15-18,20-21H2,1H3,(H,30,34)(H,31,33). The number of ether oxygens (including phenoxy) is 2. The Morgan fingerprint density at radius 2 is 1.75 bits per heavy atom. The Balaban J connectivity index is 1.48. The average molecular weight is 488 g/mol. The van der Waals surface area contributed by atoms with Crippen molar-refractivity contribution in [3.05, 3.63) is 89.5 Å². The van der Waals surface area contributed by atoms with Gasteiger partial charge in [-0.1, -0.05) is 42.5 Å². The lowest BCUT2D eigenvalue weighted by Crippen LogP contribution is -2.33. The molecule has 0 radical (unpaired) electrons. The van der Waals surface area contributed by atoms with Gasteiger partial charge in [-0.3, -0.25) is 9.59 Å². The van der Waals surface area contributed by atoms with Crippen LogP contribution in [0.5, 0.6) is 5.75 Å². The third-order valence-electron chi connectivity index (χ3n) is 6.06. The summed E-state index contributed by atoms with van der Waals surface area (Å²) in [6.45, 7) is 5.16. The summed E-state index contributed by atoms with van der Waals surface area (Å²) in [4.78, 5) is 27.9. The number of carbonyl (C=O) groups excluding carboxylic acids is 2. The number of benzene rings is 3. The van der Waals surface area contributed by atoms with Crippen LogP contribution >= 0.6 is 0 Å². The molecule has 0 bridgehead atoms. The maximum Gasteiger partial charge on any atom is 0.262 e. The molecule has 3 aromatic rings. The molecule has 0 aliphatic carbocycles. The highest BCUT2D eigenvalue weighted by atomic mass is 16.5. The van der Waals surface area contributed by atoms with Crippen LogP contribution in [0.3, 0.4) is 0 Å². The molecule has 1 aliphatic heterocycles. The minimum absolute atomic E-state index is 0.117. The zero-order chi connectivity index (χ0) is 25.2. The number of amides is 2. The minimum atomic E-state index is -0.290. The highest BCUT2D eigenvalue weighted by Gasteiger charge is 2.22. The van der Waals surface area contributed by atoms with Crippen molar-refractivity contribution in [3.8, 4) is 5.75 Å². The van der Waals surface area contributed by atoms with Gasteiger partial charge < -0.3 is 25.0 Å². The zero-order valence-electron chi connectivity index (χ0n) is 20.7. The van der Waals surface area contributed by atoms with Gasteiger partial charge in [0.1, 0.15) is 5.75 Å². The van der Waals surface area contributed by atoms with Crippen molar-refractivity contribution in [2.75, 3.05) is 43.1 Å². The molecule has 2 N–H and O–H groups in total. The van der Waals surface area contributed by atoms with E-state index in [1.165, 1.54) is 11.1 Å². The van der Waals surface area contributed by atoms with Crippen LogP contribution in [0.25, 0.3) is 0 Å². The topological polar surface area (TPSA) is 79.9 Å².